The van der Waals surface area contributed by atoms with Gasteiger partial charge in [-0.05, 0) is 24.4 Å². The second kappa shape index (κ2) is 4.58. The summed E-state index contributed by atoms with van der Waals surface area (Å²) in [7, 11) is 0. The van der Waals surface area contributed by atoms with Crippen LogP contribution in [-0.2, 0) is 0 Å². The third-order valence-corrected chi connectivity index (χ3v) is 5.00. The number of para-hydroxylation sites is 1. The van der Waals surface area contributed by atoms with Crippen molar-refractivity contribution in [3.8, 4) is 21.8 Å². The van der Waals surface area contributed by atoms with E-state index in [1.54, 1.807) is 22.7 Å². The summed E-state index contributed by atoms with van der Waals surface area (Å²) in [5.41, 5.74) is 5.84. The van der Waals surface area contributed by atoms with Crippen LogP contribution < -0.4 is 0 Å². The standard InChI is InChI=1S/C16H12N2S2/c1-10-15(12-4-2-3-5-13(12)17-10)14-9-20-16(18-14)11-6-7-19-8-11/h2-9,17H,1H3. The lowest BCUT2D eigenvalue weighted by molar-refractivity contribution is 1.29. The molecular weight excluding hydrogens is 284 g/mol. The molecule has 20 heavy (non-hydrogen) atoms. The molecule has 4 aromatic rings. The molecule has 0 fully saturated rings. The summed E-state index contributed by atoms with van der Waals surface area (Å²) < 4.78 is 0. The topological polar surface area (TPSA) is 28.7 Å². The van der Waals surface area contributed by atoms with E-state index < -0.39 is 0 Å². The molecule has 3 aromatic heterocycles. The monoisotopic (exact) mass is 296 g/mol. The lowest BCUT2D eigenvalue weighted by Crippen LogP contribution is -1.80. The molecule has 3 heterocycles. The van der Waals surface area contributed by atoms with Gasteiger partial charge >= 0.3 is 0 Å². The van der Waals surface area contributed by atoms with E-state index in [1.807, 2.05) is 0 Å². The Morgan fingerprint density at radius 1 is 1.10 bits per heavy atom. The molecule has 98 valence electrons. The summed E-state index contributed by atoms with van der Waals surface area (Å²) >= 11 is 3.41. The average molecular weight is 296 g/mol. The number of fused-ring (bicyclic) bond motifs is 1. The second-order valence-electron chi connectivity index (χ2n) is 4.72. The van der Waals surface area contributed by atoms with E-state index in [1.165, 1.54) is 27.7 Å². The molecule has 0 atom stereocenters. The predicted octanol–water partition coefficient (Wildman–Crippen LogP) is 5.33. The van der Waals surface area contributed by atoms with Crippen LogP contribution in [0.4, 0.5) is 0 Å². The number of thiophene rings is 1. The van der Waals surface area contributed by atoms with Crippen LogP contribution in [0.25, 0.3) is 32.7 Å². The van der Waals surface area contributed by atoms with Crippen LogP contribution in [0.3, 0.4) is 0 Å². The third kappa shape index (κ3) is 1.80. The van der Waals surface area contributed by atoms with Crippen molar-refractivity contribution < 1.29 is 0 Å². The van der Waals surface area contributed by atoms with Gasteiger partial charge in [-0.2, -0.15) is 11.3 Å². The molecule has 4 heteroatoms. The van der Waals surface area contributed by atoms with Crippen LogP contribution >= 0.6 is 22.7 Å². The van der Waals surface area contributed by atoms with Crippen LogP contribution in [-0.4, -0.2) is 9.97 Å². The Bertz CT molecular complexity index is 869. The quantitative estimate of drug-likeness (QED) is 0.532. The summed E-state index contributed by atoms with van der Waals surface area (Å²) in [6, 6.07) is 10.5. The number of aromatic nitrogens is 2. The van der Waals surface area contributed by atoms with Crippen molar-refractivity contribution in [2.45, 2.75) is 6.92 Å². The minimum atomic E-state index is 1.06. The van der Waals surface area contributed by atoms with Crippen molar-refractivity contribution in [1.29, 1.82) is 0 Å². The number of hydrogen-bond donors (Lipinski definition) is 1. The molecule has 0 unspecified atom stereocenters. The van der Waals surface area contributed by atoms with Gasteiger partial charge in [0, 0.05) is 38.5 Å². The Hall–Kier alpha value is -1.91. The van der Waals surface area contributed by atoms with Gasteiger partial charge < -0.3 is 4.98 Å². The summed E-state index contributed by atoms with van der Waals surface area (Å²) in [6.45, 7) is 2.11. The van der Waals surface area contributed by atoms with Gasteiger partial charge in [0.1, 0.15) is 5.01 Å². The van der Waals surface area contributed by atoms with Crippen molar-refractivity contribution in [2.75, 3.05) is 0 Å². The zero-order chi connectivity index (χ0) is 13.5. The highest BCUT2D eigenvalue weighted by Gasteiger charge is 2.14. The largest absolute Gasteiger partial charge is 0.358 e. The minimum Gasteiger partial charge on any atom is -0.358 e. The van der Waals surface area contributed by atoms with Crippen molar-refractivity contribution in [3.63, 3.8) is 0 Å². The van der Waals surface area contributed by atoms with Crippen LogP contribution in [0.1, 0.15) is 5.69 Å². The Balaban J connectivity index is 1.90. The number of hydrogen-bond acceptors (Lipinski definition) is 3. The fourth-order valence-electron chi connectivity index (χ4n) is 2.51. The molecule has 0 aliphatic carbocycles. The Morgan fingerprint density at radius 3 is 2.85 bits per heavy atom. The van der Waals surface area contributed by atoms with Gasteiger partial charge in [0.25, 0.3) is 0 Å². The molecule has 1 aromatic carbocycles. The lowest BCUT2D eigenvalue weighted by Gasteiger charge is -1.96. The van der Waals surface area contributed by atoms with Crippen molar-refractivity contribution in [2.24, 2.45) is 0 Å². The summed E-state index contributed by atoms with van der Waals surface area (Å²) in [5.74, 6) is 0. The van der Waals surface area contributed by atoms with Gasteiger partial charge in [-0.25, -0.2) is 4.98 Å². The number of thiazole rings is 1. The first-order chi connectivity index (χ1) is 9.83. The Labute approximate surface area is 124 Å². The average Bonchev–Trinajstić information content (AvgIpc) is 3.16. The molecule has 0 amide bonds. The zero-order valence-corrected chi connectivity index (χ0v) is 12.5. The van der Waals surface area contributed by atoms with Gasteiger partial charge in [-0.3, -0.25) is 0 Å². The van der Waals surface area contributed by atoms with E-state index in [0.717, 1.165) is 10.7 Å². The van der Waals surface area contributed by atoms with E-state index in [-0.39, 0.29) is 0 Å². The number of benzene rings is 1. The van der Waals surface area contributed by atoms with E-state index in [9.17, 15) is 0 Å². The normalized spacial score (nSPS) is 11.2. The highest BCUT2D eigenvalue weighted by molar-refractivity contribution is 7.14. The summed E-state index contributed by atoms with van der Waals surface area (Å²) in [4.78, 5) is 8.25. The van der Waals surface area contributed by atoms with Crippen LogP contribution in [0.2, 0.25) is 0 Å². The van der Waals surface area contributed by atoms with Crippen LogP contribution in [0, 0.1) is 6.92 Å². The lowest BCUT2D eigenvalue weighted by atomic mass is 10.1. The number of nitrogens with zero attached hydrogens (tertiary/aromatic N) is 1. The number of aryl methyl sites for hydroxylation is 1. The predicted molar refractivity (Wildman–Crippen MR) is 87.5 cm³/mol. The van der Waals surface area contributed by atoms with Crippen molar-refractivity contribution in [1.82, 2.24) is 9.97 Å². The van der Waals surface area contributed by atoms with Crippen molar-refractivity contribution in [3.05, 3.63) is 52.2 Å². The van der Waals surface area contributed by atoms with Gasteiger partial charge in [0.05, 0.1) is 5.69 Å². The zero-order valence-electron chi connectivity index (χ0n) is 10.9. The maximum atomic E-state index is 4.81. The Kier molecular flexibility index (Phi) is 2.72. The molecule has 0 aliphatic rings. The van der Waals surface area contributed by atoms with E-state index in [4.69, 9.17) is 4.98 Å². The van der Waals surface area contributed by atoms with Gasteiger partial charge in [-0.1, -0.05) is 18.2 Å². The molecule has 0 radical (unpaired) electrons. The van der Waals surface area contributed by atoms with Gasteiger partial charge in [-0.15, -0.1) is 11.3 Å². The SMILES string of the molecule is Cc1[nH]c2ccccc2c1-c1csc(-c2ccsc2)n1. The molecule has 1 N–H and O–H groups in total. The molecule has 0 bridgehead atoms. The van der Waals surface area contributed by atoms with E-state index in [0.29, 0.717) is 0 Å². The van der Waals surface area contributed by atoms with Gasteiger partial charge in [0.15, 0.2) is 0 Å². The maximum Gasteiger partial charge on any atom is 0.124 e. The Morgan fingerprint density at radius 2 is 2.00 bits per heavy atom. The smallest absolute Gasteiger partial charge is 0.124 e. The van der Waals surface area contributed by atoms with Crippen molar-refractivity contribution >= 4 is 33.6 Å². The molecule has 0 spiro atoms. The highest BCUT2D eigenvalue weighted by Crippen LogP contribution is 2.35. The number of H-pyrrole nitrogens is 1. The summed E-state index contributed by atoms with van der Waals surface area (Å²) in [6.07, 6.45) is 0. The molecule has 4 rings (SSSR count). The highest BCUT2D eigenvalue weighted by atomic mass is 32.1. The van der Waals surface area contributed by atoms with Crippen LogP contribution in [0.15, 0.2) is 46.5 Å². The number of rotatable bonds is 2. The van der Waals surface area contributed by atoms with Crippen LogP contribution in [0.5, 0.6) is 0 Å². The van der Waals surface area contributed by atoms with E-state index >= 15 is 0 Å². The second-order valence-corrected chi connectivity index (χ2v) is 6.36. The third-order valence-electron chi connectivity index (χ3n) is 3.42. The van der Waals surface area contributed by atoms with Gasteiger partial charge in [0.2, 0.25) is 0 Å². The number of nitrogens with one attached hydrogen (secondary N) is 1. The molecule has 0 aliphatic heterocycles. The molecule has 0 saturated heterocycles. The fourth-order valence-corrected chi connectivity index (χ4v) is 4.04. The maximum absolute atomic E-state index is 4.81. The minimum absolute atomic E-state index is 1.06. The molecule has 0 saturated carbocycles. The first-order valence-corrected chi connectivity index (χ1v) is 8.21. The number of aromatic amines is 1. The first kappa shape index (κ1) is 11.9. The molecule has 2 nitrogen and oxygen atoms in total. The summed E-state index contributed by atoms with van der Waals surface area (Å²) in [5, 5.41) is 8.71. The first-order valence-electron chi connectivity index (χ1n) is 6.39. The van der Waals surface area contributed by atoms with E-state index in [2.05, 4.69) is 58.4 Å². The molecular formula is C16H12N2S2. The fraction of sp³-hybridized carbons (Fsp3) is 0.0625.